The van der Waals surface area contributed by atoms with Crippen molar-refractivity contribution in [3.63, 3.8) is 0 Å². The van der Waals surface area contributed by atoms with Crippen molar-refractivity contribution in [2.75, 3.05) is 12.3 Å². The summed E-state index contributed by atoms with van der Waals surface area (Å²) in [4.78, 5) is 13.0. The Morgan fingerprint density at radius 2 is 2.00 bits per heavy atom. The number of aliphatic hydroxyl groups is 1. The van der Waals surface area contributed by atoms with Gasteiger partial charge in [-0.2, -0.15) is 0 Å². The third-order valence-corrected chi connectivity index (χ3v) is 4.47. The normalized spacial score (nSPS) is 12.0. The van der Waals surface area contributed by atoms with E-state index in [2.05, 4.69) is 15.0 Å². The smallest absolute Gasteiger partial charge is 0.213 e. The summed E-state index contributed by atoms with van der Waals surface area (Å²) in [6, 6.07) is 9.79. The molecule has 27 heavy (non-hydrogen) atoms. The highest BCUT2D eigenvalue weighted by atomic mass is 16.5. The Morgan fingerprint density at radius 3 is 2.74 bits per heavy atom. The van der Waals surface area contributed by atoms with Crippen molar-refractivity contribution in [3.8, 4) is 17.0 Å². The molecule has 0 aliphatic heterocycles. The molecule has 1 aromatic carbocycles. The van der Waals surface area contributed by atoms with Crippen molar-refractivity contribution in [3.05, 3.63) is 42.9 Å². The monoisotopic (exact) mass is 363 g/mol. The molecule has 7 nitrogen and oxygen atoms in total. The zero-order valence-electron chi connectivity index (χ0n) is 15.5. The quantitative estimate of drug-likeness (QED) is 0.577. The van der Waals surface area contributed by atoms with Gasteiger partial charge in [0, 0.05) is 23.2 Å². The number of nitrogens with two attached hydrogens (primary N) is 1. The van der Waals surface area contributed by atoms with E-state index in [-0.39, 0.29) is 0 Å². The summed E-state index contributed by atoms with van der Waals surface area (Å²) in [6.07, 6.45) is 3.27. The maximum absolute atomic E-state index is 10.5. The van der Waals surface area contributed by atoms with E-state index in [0.29, 0.717) is 24.0 Å². The minimum atomic E-state index is -1.12. The summed E-state index contributed by atoms with van der Waals surface area (Å²) < 4.78 is 7.17. The number of anilines is 1. The van der Waals surface area contributed by atoms with E-state index in [9.17, 15) is 5.11 Å². The van der Waals surface area contributed by atoms with Crippen molar-refractivity contribution in [2.24, 2.45) is 0 Å². The minimum absolute atomic E-state index is 0.378. The first-order chi connectivity index (χ1) is 12.9. The van der Waals surface area contributed by atoms with E-state index in [0.717, 1.165) is 27.4 Å². The second kappa shape index (κ2) is 6.21. The Labute approximate surface area is 156 Å². The van der Waals surface area contributed by atoms with Crippen LogP contribution >= 0.6 is 0 Å². The maximum Gasteiger partial charge on any atom is 0.213 e. The molecule has 0 fully saturated rings. The highest BCUT2D eigenvalue weighted by molar-refractivity contribution is 6.02. The standard InChI is InChI=1S/C20H21N5O2/c1-4-27-16-8-6-13-9-12(5-7-15(13)24-16)14-10-25(20(2,3)26)19-17(14)18(21)22-11-23-19/h5-11,26H,4H2,1-3H3,(H2,21,22,23). The third kappa shape index (κ3) is 2.96. The predicted molar refractivity (Wildman–Crippen MR) is 105 cm³/mol. The highest BCUT2D eigenvalue weighted by Gasteiger charge is 2.23. The van der Waals surface area contributed by atoms with Crippen molar-refractivity contribution >= 4 is 27.8 Å². The Kier molecular flexibility index (Phi) is 3.96. The van der Waals surface area contributed by atoms with Crippen LogP contribution in [0.5, 0.6) is 5.88 Å². The van der Waals surface area contributed by atoms with Gasteiger partial charge in [0.2, 0.25) is 5.88 Å². The number of rotatable bonds is 4. The molecule has 138 valence electrons. The molecule has 3 N–H and O–H groups in total. The number of hydrogen-bond donors (Lipinski definition) is 2. The van der Waals surface area contributed by atoms with Gasteiger partial charge in [0.15, 0.2) is 0 Å². The van der Waals surface area contributed by atoms with Gasteiger partial charge < -0.3 is 20.1 Å². The van der Waals surface area contributed by atoms with Crippen molar-refractivity contribution < 1.29 is 9.84 Å². The highest BCUT2D eigenvalue weighted by Crippen LogP contribution is 2.36. The fourth-order valence-electron chi connectivity index (χ4n) is 3.22. The molecule has 0 amide bonds. The minimum Gasteiger partial charge on any atom is -0.478 e. The van der Waals surface area contributed by atoms with Gasteiger partial charge >= 0.3 is 0 Å². The zero-order chi connectivity index (χ0) is 19.2. The molecular formula is C20H21N5O2. The lowest BCUT2D eigenvalue weighted by molar-refractivity contribution is 0.00581. The molecule has 0 bridgehead atoms. The molecular weight excluding hydrogens is 342 g/mol. The maximum atomic E-state index is 10.5. The Morgan fingerprint density at radius 1 is 1.19 bits per heavy atom. The molecule has 0 saturated heterocycles. The van der Waals surface area contributed by atoms with E-state index in [1.807, 2.05) is 43.5 Å². The van der Waals surface area contributed by atoms with Crippen LogP contribution in [0, 0.1) is 0 Å². The summed E-state index contributed by atoms with van der Waals surface area (Å²) in [5.41, 5.74) is 8.27. The fourth-order valence-corrected chi connectivity index (χ4v) is 3.22. The molecule has 0 unspecified atom stereocenters. The summed E-state index contributed by atoms with van der Waals surface area (Å²) in [5.74, 6) is 0.983. The molecule has 0 aliphatic rings. The van der Waals surface area contributed by atoms with Crippen LogP contribution in [0.2, 0.25) is 0 Å². The largest absolute Gasteiger partial charge is 0.478 e. The number of benzene rings is 1. The third-order valence-electron chi connectivity index (χ3n) is 4.47. The van der Waals surface area contributed by atoms with Crippen LogP contribution < -0.4 is 10.5 Å². The first kappa shape index (κ1) is 17.2. The van der Waals surface area contributed by atoms with Crippen LogP contribution in [-0.4, -0.2) is 31.2 Å². The van der Waals surface area contributed by atoms with Crippen molar-refractivity contribution in [2.45, 2.75) is 26.5 Å². The number of pyridine rings is 1. The lowest BCUT2D eigenvalue weighted by Crippen LogP contribution is -2.24. The molecule has 4 rings (SSSR count). The molecule has 0 aliphatic carbocycles. The van der Waals surface area contributed by atoms with Gasteiger partial charge in [-0.1, -0.05) is 6.07 Å². The van der Waals surface area contributed by atoms with Crippen LogP contribution in [0.4, 0.5) is 5.82 Å². The summed E-state index contributed by atoms with van der Waals surface area (Å²) in [6.45, 7) is 5.91. The van der Waals surface area contributed by atoms with E-state index in [1.165, 1.54) is 6.33 Å². The van der Waals surface area contributed by atoms with Gasteiger partial charge in [0.1, 0.15) is 23.5 Å². The number of nitrogens with zero attached hydrogens (tertiary/aromatic N) is 4. The van der Waals surface area contributed by atoms with Gasteiger partial charge in [0.05, 0.1) is 17.5 Å². The summed E-state index contributed by atoms with van der Waals surface area (Å²) in [7, 11) is 0. The number of aromatic nitrogens is 4. The molecule has 4 aromatic rings. The van der Waals surface area contributed by atoms with E-state index in [1.54, 1.807) is 18.4 Å². The van der Waals surface area contributed by atoms with Crippen LogP contribution in [0.3, 0.4) is 0 Å². The average Bonchev–Trinajstić information content (AvgIpc) is 3.03. The molecule has 7 heteroatoms. The first-order valence-electron chi connectivity index (χ1n) is 8.77. The van der Waals surface area contributed by atoms with Gasteiger partial charge in [-0.25, -0.2) is 15.0 Å². The van der Waals surface area contributed by atoms with Crippen molar-refractivity contribution in [1.82, 2.24) is 19.5 Å². The summed E-state index contributed by atoms with van der Waals surface area (Å²) >= 11 is 0. The number of nitrogen functional groups attached to an aromatic ring is 1. The number of fused-ring (bicyclic) bond motifs is 2. The van der Waals surface area contributed by atoms with Gasteiger partial charge in [-0.05, 0) is 44.5 Å². The van der Waals surface area contributed by atoms with Crippen LogP contribution in [-0.2, 0) is 5.72 Å². The molecule has 0 saturated carbocycles. The lowest BCUT2D eigenvalue weighted by atomic mass is 10.0. The second-order valence-electron chi connectivity index (χ2n) is 6.85. The van der Waals surface area contributed by atoms with E-state index < -0.39 is 5.72 Å². The Hall–Kier alpha value is -3.19. The topological polar surface area (TPSA) is 99.1 Å². The van der Waals surface area contributed by atoms with Crippen molar-refractivity contribution in [1.29, 1.82) is 0 Å². The number of ether oxygens (including phenoxy) is 1. The molecule has 3 aromatic heterocycles. The van der Waals surface area contributed by atoms with Crippen LogP contribution in [0.1, 0.15) is 20.8 Å². The van der Waals surface area contributed by atoms with E-state index in [4.69, 9.17) is 10.5 Å². The first-order valence-corrected chi connectivity index (χ1v) is 8.77. The van der Waals surface area contributed by atoms with Gasteiger partial charge in [-0.15, -0.1) is 0 Å². The van der Waals surface area contributed by atoms with Crippen LogP contribution in [0.25, 0.3) is 33.1 Å². The zero-order valence-corrected chi connectivity index (χ0v) is 15.5. The lowest BCUT2D eigenvalue weighted by Gasteiger charge is -2.20. The SMILES string of the molecule is CCOc1ccc2cc(-c3cn(C(C)(C)O)c4ncnc(N)c34)ccc2n1. The fraction of sp³-hybridized carbons (Fsp3) is 0.250. The molecule has 3 heterocycles. The predicted octanol–water partition coefficient (Wildman–Crippen LogP) is 3.31. The molecule has 0 atom stereocenters. The molecule has 0 spiro atoms. The van der Waals surface area contributed by atoms with Crippen LogP contribution in [0.15, 0.2) is 42.9 Å². The van der Waals surface area contributed by atoms with Gasteiger partial charge in [0.25, 0.3) is 0 Å². The van der Waals surface area contributed by atoms with Gasteiger partial charge in [-0.3, -0.25) is 0 Å². The Balaban J connectivity index is 1.93. The Bertz CT molecular complexity index is 1140. The molecule has 0 radical (unpaired) electrons. The average molecular weight is 363 g/mol. The number of hydrogen-bond acceptors (Lipinski definition) is 6. The summed E-state index contributed by atoms with van der Waals surface area (Å²) in [5, 5.41) is 12.2. The van der Waals surface area contributed by atoms with E-state index >= 15 is 0 Å². The second-order valence-corrected chi connectivity index (χ2v) is 6.85.